The molecule has 0 N–H and O–H groups in total. The molecule has 0 amide bonds. The number of hydrogen-bond donors (Lipinski definition) is 0. The summed E-state index contributed by atoms with van der Waals surface area (Å²) in [6.45, 7) is 27.1. The van der Waals surface area contributed by atoms with Crippen LogP contribution in [0, 0.1) is 0 Å². The molecule has 2 nitrogen and oxygen atoms in total. The van der Waals surface area contributed by atoms with Crippen LogP contribution in [0.4, 0.5) is 0 Å². The topological polar surface area (TPSA) is 18.5 Å². The lowest BCUT2D eigenvalue weighted by molar-refractivity contribution is 0.414. The van der Waals surface area contributed by atoms with E-state index in [1.165, 1.54) is 55.3 Å². The highest BCUT2D eigenvalue weighted by molar-refractivity contribution is 6.05. The molecule has 0 aliphatic carbocycles. The number of fused-ring (bicyclic) bond motifs is 1. The second-order valence-corrected chi connectivity index (χ2v) is 23.0. The van der Waals surface area contributed by atoms with Gasteiger partial charge in [0.2, 0.25) is 0 Å². The largest absolute Gasteiger partial charge is 0.496 e. The molecule has 8 aromatic rings. The fourth-order valence-electron chi connectivity index (χ4n) is 9.38. The lowest BCUT2D eigenvalue weighted by atomic mass is 9.84. The highest BCUT2D eigenvalue weighted by Crippen LogP contribution is 2.41. The second kappa shape index (κ2) is 19.5. The van der Waals surface area contributed by atoms with Crippen molar-refractivity contribution in [1.82, 2.24) is 0 Å². The quantitative estimate of drug-likeness (QED) is 0.127. The first-order valence-electron chi connectivity index (χ1n) is 24.9. The van der Waals surface area contributed by atoms with Crippen molar-refractivity contribution >= 4 is 34.1 Å². The molecule has 0 fully saturated rings. The number of benzene rings is 8. The molecule has 2 heteroatoms. The molecule has 0 aliphatic rings. The van der Waals surface area contributed by atoms with Gasteiger partial charge in [-0.25, -0.2) is 0 Å². The van der Waals surface area contributed by atoms with Crippen molar-refractivity contribution in [3.05, 3.63) is 225 Å². The van der Waals surface area contributed by atoms with Crippen LogP contribution in [0.1, 0.15) is 139 Å². The van der Waals surface area contributed by atoms with E-state index < -0.39 is 0 Å². The lowest BCUT2D eigenvalue weighted by Crippen LogP contribution is -2.11. The first kappa shape index (κ1) is 49.5. The van der Waals surface area contributed by atoms with Crippen LogP contribution in [-0.2, 0) is 21.7 Å². The molecule has 0 radical (unpaired) electrons. The minimum absolute atomic E-state index is 0.0674. The third kappa shape index (κ3) is 10.8. The molecule has 0 saturated heterocycles. The average Bonchev–Trinajstić information content (AvgIpc) is 3.33. The van der Waals surface area contributed by atoms with Crippen LogP contribution in [0.25, 0.3) is 56.3 Å². The summed E-state index contributed by atoms with van der Waals surface area (Å²) in [7, 11) is 3.54. The van der Waals surface area contributed by atoms with E-state index in [1.54, 1.807) is 14.2 Å². The molecule has 0 atom stereocenters. The summed E-state index contributed by atoms with van der Waals surface area (Å²) in [6.07, 6.45) is 4.56. The molecule has 0 heterocycles. The van der Waals surface area contributed by atoms with E-state index in [0.29, 0.717) is 0 Å². The second-order valence-electron chi connectivity index (χ2n) is 23.0. The van der Waals surface area contributed by atoms with Crippen molar-refractivity contribution in [2.45, 2.75) is 105 Å². The molecular formula is C68H72O2. The Hall–Kier alpha value is -6.90. The normalized spacial score (nSPS) is 12.1. The van der Waals surface area contributed by atoms with Crippen molar-refractivity contribution in [2.24, 2.45) is 0 Å². The van der Waals surface area contributed by atoms with Gasteiger partial charge in [0.15, 0.2) is 0 Å². The molecule has 0 unspecified atom stereocenters. The maximum atomic E-state index is 6.21. The Morgan fingerprint density at radius 3 is 0.843 bits per heavy atom. The molecule has 8 aromatic carbocycles. The molecule has 0 aliphatic heterocycles. The van der Waals surface area contributed by atoms with Crippen LogP contribution in [0.15, 0.2) is 170 Å². The zero-order valence-corrected chi connectivity index (χ0v) is 44.1. The van der Waals surface area contributed by atoms with Crippen LogP contribution in [0.3, 0.4) is 0 Å². The Morgan fingerprint density at radius 2 is 0.600 bits per heavy atom. The summed E-state index contributed by atoms with van der Waals surface area (Å²) >= 11 is 0. The van der Waals surface area contributed by atoms with E-state index in [1.807, 2.05) is 0 Å². The van der Waals surface area contributed by atoms with Crippen LogP contribution < -0.4 is 9.47 Å². The smallest absolute Gasteiger partial charge is 0.126 e. The fraction of sp³-hybridized carbons (Fsp3) is 0.265. The monoisotopic (exact) mass is 921 g/mol. The van der Waals surface area contributed by atoms with E-state index >= 15 is 0 Å². The number of rotatable bonds is 10. The van der Waals surface area contributed by atoms with Gasteiger partial charge >= 0.3 is 0 Å². The molecule has 356 valence electrons. The van der Waals surface area contributed by atoms with E-state index in [-0.39, 0.29) is 21.7 Å². The van der Waals surface area contributed by atoms with Crippen LogP contribution in [0.2, 0.25) is 0 Å². The Morgan fingerprint density at radius 1 is 0.329 bits per heavy atom. The Kier molecular flexibility index (Phi) is 13.8. The number of hydrogen-bond acceptors (Lipinski definition) is 2. The maximum absolute atomic E-state index is 6.21. The zero-order valence-electron chi connectivity index (χ0n) is 44.1. The molecule has 0 aromatic heterocycles. The third-order valence-electron chi connectivity index (χ3n) is 13.9. The molecule has 0 bridgehead atoms. The minimum atomic E-state index is 0.0674. The van der Waals surface area contributed by atoms with Crippen molar-refractivity contribution in [3.63, 3.8) is 0 Å². The summed E-state index contributed by atoms with van der Waals surface area (Å²) in [5.74, 6) is 1.65. The summed E-state index contributed by atoms with van der Waals surface area (Å²) in [5.41, 5.74) is 19.0. The van der Waals surface area contributed by atoms with E-state index in [2.05, 4.69) is 265 Å². The number of methoxy groups -OCH3 is 2. The van der Waals surface area contributed by atoms with Gasteiger partial charge in [-0.15, -0.1) is 0 Å². The summed E-state index contributed by atoms with van der Waals surface area (Å²) in [5, 5.41) is 2.35. The molecule has 0 saturated carbocycles. The summed E-state index contributed by atoms with van der Waals surface area (Å²) in [4.78, 5) is 0. The van der Waals surface area contributed by atoms with Crippen LogP contribution in [-0.4, -0.2) is 14.2 Å². The zero-order chi connectivity index (χ0) is 50.2. The van der Waals surface area contributed by atoms with Crippen molar-refractivity contribution in [2.75, 3.05) is 14.2 Å². The number of ether oxygens (including phenoxy) is 2. The minimum Gasteiger partial charge on any atom is -0.496 e. The maximum Gasteiger partial charge on any atom is 0.126 e. The van der Waals surface area contributed by atoms with Gasteiger partial charge in [-0.05, 0) is 135 Å². The first-order valence-corrected chi connectivity index (χ1v) is 24.9. The van der Waals surface area contributed by atoms with E-state index in [0.717, 1.165) is 56.0 Å². The van der Waals surface area contributed by atoms with Crippen molar-refractivity contribution in [3.8, 4) is 33.8 Å². The third-order valence-corrected chi connectivity index (χ3v) is 13.9. The van der Waals surface area contributed by atoms with Crippen LogP contribution in [0.5, 0.6) is 11.5 Å². The predicted molar refractivity (Wildman–Crippen MR) is 302 cm³/mol. The lowest BCUT2D eigenvalue weighted by Gasteiger charge is -2.21. The standard InChI is InChI=1S/C68H72O2/c1-65(2,3)53-31-23-45(24-32-53)61(46-25-33-54(34-26-46)66(4,5)6)41-51-21-19-49(43-63(51)69-13)57-39-40-58(60-18-16-15-17-59(57)60)50-20-22-52(64(44-50)70-14)42-62(47-27-35-55(36-28-47)67(7,8)9)48-29-37-56(38-30-48)68(10,11)12/h15-44H,1-14H3. The molecular weight excluding hydrogens is 849 g/mol. The summed E-state index contributed by atoms with van der Waals surface area (Å²) < 4.78 is 12.4. The summed E-state index contributed by atoms with van der Waals surface area (Å²) in [6, 6.07) is 62.6. The molecule has 8 rings (SSSR count). The molecule has 70 heavy (non-hydrogen) atoms. The average molecular weight is 921 g/mol. The Balaban J connectivity index is 1.17. The predicted octanol–water partition coefficient (Wildman–Crippen LogP) is 18.6. The van der Waals surface area contributed by atoms with E-state index in [4.69, 9.17) is 9.47 Å². The first-order chi connectivity index (χ1) is 33.1. The van der Waals surface area contributed by atoms with Gasteiger partial charge in [-0.3, -0.25) is 0 Å². The van der Waals surface area contributed by atoms with Crippen molar-refractivity contribution < 1.29 is 9.47 Å². The highest BCUT2D eigenvalue weighted by atomic mass is 16.5. The highest BCUT2D eigenvalue weighted by Gasteiger charge is 2.20. The Labute approximate surface area is 419 Å². The van der Waals surface area contributed by atoms with Gasteiger partial charge in [-0.1, -0.05) is 241 Å². The SMILES string of the molecule is COc1cc(-c2ccc(-c3ccc(C=C(c4ccc(C(C)(C)C)cc4)c4ccc(C(C)(C)C)cc4)c(OC)c3)c3ccccc23)ccc1C=C(c1ccc(C(C)(C)C)cc1)c1ccc(C(C)(C)C)cc1. The van der Waals surface area contributed by atoms with Crippen molar-refractivity contribution in [1.29, 1.82) is 0 Å². The Bertz CT molecular complexity index is 2850. The van der Waals surface area contributed by atoms with Gasteiger partial charge in [0.05, 0.1) is 14.2 Å². The van der Waals surface area contributed by atoms with E-state index in [9.17, 15) is 0 Å². The van der Waals surface area contributed by atoms with Gasteiger partial charge in [-0.2, -0.15) is 0 Å². The molecule has 0 spiro atoms. The fourth-order valence-corrected chi connectivity index (χ4v) is 9.38. The van der Waals surface area contributed by atoms with Gasteiger partial charge in [0.25, 0.3) is 0 Å². The van der Waals surface area contributed by atoms with Crippen LogP contribution >= 0.6 is 0 Å². The van der Waals surface area contributed by atoms with Gasteiger partial charge < -0.3 is 9.47 Å². The van der Waals surface area contributed by atoms with Gasteiger partial charge in [0, 0.05) is 11.1 Å². The van der Waals surface area contributed by atoms with Gasteiger partial charge in [0.1, 0.15) is 11.5 Å².